The van der Waals surface area contributed by atoms with Crippen molar-refractivity contribution in [3.63, 3.8) is 0 Å². The highest BCUT2D eigenvalue weighted by atomic mass is 16.5. The number of Topliss-reactive ketones (excluding diaryl/α,β-unsaturated/α-hetero) is 1. The first-order valence-corrected chi connectivity index (χ1v) is 3.71. The van der Waals surface area contributed by atoms with E-state index in [0.29, 0.717) is 6.42 Å². The third-order valence-corrected chi connectivity index (χ3v) is 2.07. The molecule has 2 heterocycles. The predicted octanol–water partition coefficient (Wildman–Crippen LogP) is 1.06. The summed E-state index contributed by atoms with van der Waals surface area (Å²) in [5.41, 5.74) is 0. The van der Waals surface area contributed by atoms with Crippen molar-refractivity contribution in [3.8, 4) is 0 Å². The van der Waals surface area contributed by atoms with E-state index in [-0.39, 0.29) is 18.0 Å². The van der Waals surface area contributed by atoms with Crippen LogP contribution < -0.4 is 0 Å². The molecule has 0 amide bonds. The van der Waals surface area contributed by atoms with Crippen LogP contribution in [0.2, 0.25) is 0 Å². The fourth-order valence-electron chi connectivity index (χ4n) is 1.48. The van der Waals surface area contributed by atoms with Gasteiger partial charge in [-0.1, -0.05) is 12.2 Å². The lowest BCUT2D eigenvalue weighted by molar-refractivity contribution is -0.140. The average Bonchev–Trinajstić information content (AvgIpc) is 1.99. The second kappa shape index (κ2) is 2.20. The highest BCUT2D eigenvalue weighted by molar-refractivity contribution is 5.84. The molecule has 2 nitrogen and oxygen atoms in total. The number of carbonyl (C=O) groups is 1. The van der Waals surface area contributed by atoms with Crippen molar-refractivity contribution in [2.24, 2.45) is 0 Å². The number of ketones is 1. The summed E-state index contributed by atoms with van der Waals surface area (Å²) in [6, 6.07) is 0. The molecule has 0 aromatic rings. The third-order valence-electron chi connectivity index (χ3n) is 2.07. The fraction of sp³-hybridized carbons (Fsp3) is 0.625. The molecule has 0 saturated carbocycles. The quantitative estimate of drug-likeness (QED) is 0.468. The molecule has 0 spiro atoms. The summed E-state index contributed by atoms with van der Waals surface area (Å²) in [6.07, 6.45) is 6.61. The second-order valence-electron chi connectivity index (χ2n) is 2.83. The largest absolute Gasteiger partial charge is 0.363 e. The van der Waals surface area contributed by atoms with Crippen LogP contribution in [0.4, 0.5) is 0 Å². The SMILES string of the molecule is O=C1CCC2C=CCC1O2. The Morgan fingerprint density at radius 1 is 1.60 bits per heavy atom. The molecule has 10 heavy (non-hydrogen) atoms. The molecule has 2 atom stereocenters. The highest BCUT2D eigenvalue weighted by Gasteiger charge is 2.29. The van der Waals surface area contributed by atoms with Gasteiger partial charge in [0.2, 0.25) is 0 Å². The zero-order valence-electron chi connectivity index (χ0n) is 5.75. The molecule has 0 radical (unpaired) electrons. The molecule has 1 saturated heterocycles. The molecule has 2 heteroatoms. The van der Waals surface area contributed by atoms with Crippen LogP contribution in [0, 0.1) is 0 Å². The van der Waals surface area contributed by atoms with Crippen molar-refractivity contribution < 1.29 is 9.53 Å². The number of hydrogen-bond acceptors (Lipinski definition) is 2. The Kier molecular flexibility index (Phi) is 1.34. The second-order valence-corrected chi connectivity index (χ2v) is 2.83. The van der Waals surface area contributed by atoms with Gasteiger partial charge in [-0.2, -0.15) is 0 Å². The fourth-order valence-corrected chi connectivity index (χ4v) is 1.48. The lowest BCUT2D eigenvalue weighted by atomic mass is 9.96. The van der Waals surface area contributed by atoms with E-state index in [2.05, 4.69) is 12.2 Å². The van der Waals surface area contributed by atoms with Crippen LogP contribution in [0.15, 0.2) is 12.2 Å². The molecule has 2 aliphatic heterocycles. The van der Waals surface area contributed by atoms with Gasteiger partial charge >= 0.3 is 0 Å². The van der Waals surface area contributed by atoms with E-state index in [0.717, 1.165) is 12.8 Å². The van der Waals surface area contributed by atoms with Gasteiger partial charge in [0.25, 0.3) is 0 Å². The summed E-state index contributed by atoms with van der Waals surface area (Å²) in [5, 5.41) is 0. The molecular formula is C8H10O2. The van der Waals surface area contributed by atoms with Gasteiger partial charge in [0.15, 0.2) is 5.78 Å². The monoisotopic (exact) mass is 138 g/mol. The molecule has 0 aromatic carbocycles. The van der Waals surface area contributed by atoms with Crippen LogP contribution in [0.1, 0.15) is 19.3 Å². The van der Waals surface area contributed by atoms with Crippen molar-refractivity contribution in [3.05, 3.63) is 12.2 Å². The van der Waals surface area contributed by atoms with Gasteiger partial charge < -0.3 is 4.74 Å². The maximum absolute atomic E-state index is 11.0. The predicted molar refractivity (Wildman–Crippen MR) is 36.7 cm³/mol. The molecule has 0 N–H and O–H groups in total. The lowest BCUT2D eigenvalue weighted by Gasteiger charge is -2.29. The number of fused-ring (bicyclic) bond motifs is 2. The summed E-state index contributed by atoms with van der Waals surface area (Å²) >= 11 is 0. The summed E-state index contributed by atoms with van der Waals surface area (Å²) in [7, 11) is 0. The topological polar surface area (TPSA) is 26.3 Å². The number of carbonyl (C=O) groups excluding carboxylic acids is 1. The number of ether oxygens (including phenoxy) is 1. The first-order valence-electron chi connectivity index (χ1n) is 3.71. The lowest BCUT2D eigenvalue weighted by Crippen LogP contribution is -2.36. The first kappa shape index (κ1) is 6.10. The molecule has 2 bridgehead atoms. The molecule has 1 fully saturated rings. The Labute approximate surface area is 59.9 Å². The summed E-state index contributed by atoms with van der Waals surface area (Å²) < 4.78 is 5.40. The van der Waals surface area contributed by atoms with Crippen molar-refractivity contribution in [1.82, 2.24) is 0 Å². The maximum atomic E-state index is 11.0. The van der Waals surface area contributed by atoms with Crippen LogP contribution in [0.25, 0.3) is 0 Å². The molecule has 0 aromatic heterocycles. The van der Waals surface area contributed by atoms with E-state index >= 15 is 0 Å². The van der Waals surface area contributed by atoms with Crippen LogP contribution in [-0.4, -0.2) is 18.0 Å². The van der Waals surface area contributed by atoms with E-state index < -0.39 is 0 Å². The molecule has 2 unspecified atom stereocenters. The molecular weight excluding hydrogens is 128 g/mol. The molecule has 54 valence electrons. The average molecular weight is 138 g/mol. The normalized spacial score (nSPS) is 38.2. The van der Waals surface area contributed by atoms with E-state index in [1.807, 2.05) is 0 Å². The van der Waals surface area contributed by atoms with Gasteiger partial charge in [0.05, 0.1) is 6.10 Å². The summed E-state index contributed by atoms with van der Waals surface area (Å²) in [5.74, 6) is 0.278. The zero-order chi connectivity index (χ0) is 6.97. The third kappa shape index (κ3) is 0.886. The Balaban J connectivity index is 2.18. The molecule has 0 aliphatic carbocycles. The summed E-state index contributed by atoms with van der Waals surface area (Å²) in [4.78, 5) is 11.0. The van der Waals surface area contributed by atoms with Crippen LogP contribution >= 0.6 is 0 Å². The zero-order valence-corrected chi connectivity index (χ0v) is 5.75. The molecule has 2 rings (SSSR count). The van der Waals surface area contributed by atoms with Crippen LogP contribution in [0.5, 0.6) is 0 Å². The highest BCUT2D eigenvalue weighted by Crippen LogP contribution is 2.23. The summed E-state index contributed by atoms with van der Waals surface area (Å²) in [6.45, 7) is 0. The van der Waals surface area contributed by atoms with Crippen LogP contribution in [0.3, 0.4) is 0 Å². The Bertz CT molecular complexity index is 184. The smallest absolute Gasteiger partial charge is 0.162 e. The van der Waals surface area contributed by atoms with Gasteiger partial charge in [-0.15, -0.1) is 0 Å². The van der Waals surface area contributed by atoms with Crippen molar-refractivity contribution in [1.29, 1.82) is 0 Å². The van der Waals surface area contributed by atoms with E-state index in [1.54, 1.807) is 0 Å². The van der Waals surface area contributed by atoms with Crippen molar-refractivity contribution in [2.45, 2.75) is 31.5 Å². The van der Waals surface area contributed by atoms with Gasteiger partial charge in [-0.25, -0.2) is 0 Å². The molecule has 2 aliphatic rings. The van der Waals surface area contributed by atoms with Crippen molar-refractivity contribution >= 4 is 5.78 Å². The van der Waals surface area contributed by atoms with Gasteiger partial charge in [0.1, 0.15) is 6.10 Å². The van der Waals surface area contributed by atoms with Crippen molar-refractivity contribution in [2.75, 3.05) is 0 Å². The van der Waals surface area contributed by atoms with Gasteiger partial charge in [-0.3, -0.25) is 4.79 Å². The maximum Gasteiger partial charge on any atom is 0.162 e. The minimum atomic E-state index is -0.108. The standard InChI is InChI=1S/C8H10O2/c9-7-5-4-6-2-1-3-8(7)10-6/h1-2,6,8H,3-5H2. The van der Waals surface area contributed by atoms with Gasteiger partial charge in [0, 0.05) is 6.42 Å². The minimum Gasteiger partial charge on any atom is -0.363 e. The first-order chi connectivity index (χ1) is 4.86. The Hall–Kier alpha value is -0.630. The van der Waals surface area contributed by atoms with E-state index in [4.69, 9.17) is 4.74 Å². The number of hydrogen-bond donors (Lipinski definition) is 0. The van der Waals surface area contributed by atoms with E-state index in [1.165, 1.54) is 0 Å². The van der Waals surface area contributed by atoms with Crippen LogP contribution in [-0.2, 0) is 9.53 Å². The minimum absolute atomic E-state index is 0.108. The van der Waals surface area contributed by atoms with E-state index in [9.17, 15) is 4.79 Å². The van der Waals surface area contributed by atoms with Gasteiger partial charge in [-0.05, 0) is 12.8 Å². The Morgan fingerprint density at radius 2 is 2.50 bits per heavy atom. The Morgan fingerprint density at radius 3 is 3.30 bits per heavy atom. The number of rotatable bonds is 0.